The molecule has 32 heavy (non-hydrogen) atoms. The van der Waals surface area contributed by atoms with E-state index in [1.165, 1.54) is 38.6 Å². The van der Waals surface area contributed by atoms with Crippen molar-refractivity contribution >= 4 is 43.7 Å². The second kappa shape index (κ2) is 6.60. The molecule has 0 saturated heterocycles. The standard InChI is InChI=1S/C30H19NO/c1-2-8-22(9-3-1)31-27-12-6-4-10-23(27)24-16-14-21(19-28(24)31)20-15-17-30-26(18-20)25-11-5-7-13-29(25)32-30/h1-19H. The van der Waals surface area contributed by atoms with Crippen LogP contribution in [0.4, 0.5) is 0 Å². The van der Waals surface area contributed by atoms with E-state index >= 15 is 0 Å². The number of rotatable bonds is 2. The Kier molecular flexibility index (Phi) is 3.58. The van der Waals surface area contributed by atoms with E-state index in [1.54, 1.807) is 0 Å². The molecule has 2 heterocycles. The van der Waals surface area contributed by atoms with Gasteiger partial charge < -0.3 is 8.98 Å². The Labute approximate surface area is 184 Å². The highest BCUT2D eigenvalue weighted by Gasteiger charge is 2.14. The van der Waals surface area contributed by atoms with E-state index in [1.807, 2.05) is 12.1 Å². The van der Waals surface area contributed by atoms with Gasteiger partial charge in [0.15, 0.2) is 0 Å². The third-order valence-corrected chi connectivity index (χ3v) is 6.40. The minimum atomic E-state index is 0.925. The van der Waals surface area contributed by atoms with Gasteiger partial charge in [-0.2, -0.15) is 0 Å². The summed E-state index contributed by atoms with van der Waals surface area (Å²) < 4.78 is 8.39. The summed E-state index contributed by atoms with van der Waals surface area (Å²) in [4.78, 5) is 0. The number of aromatic nitrogens is 1. The second-order valence-electron chi connectivity index (χ2n) is 8.23. The van der Waals surface area contributed by atoms with Gasteiger partial charge in [0, 0.05) is 27.2 Å². The van der Waals surface area contributed by atoms with Crippen molar-refractivity contribution in [3.63, 3.8) is 0 Å². The first kappa shape index (κ1) is 17.4. The van der Waals surface area contributed by atoms with Gasteiger partial charge in [-0.25, -0.2) is 0 Å². The Morgan fingerprint density at radius 1 is 0.438 bits per heavy atom. The molecule has 0 radical (unpaired) electrons. The average Bonchev–Trinajstić information content (AvgIpc) is 3.39. The molecule has 2 aromatic heterocycles. The Bertz CT molecular complexity index is 1770. The maximum Gasteiger partial charge on any atom is 0.135 e. The minimum absolute atomic E-state index is 0.925. The van der Waals surface area contributed by atoms with Crippen molar-refractivity contribution in [1.82, 2.24) is 4.57 Å². The lowest BCUT2D eigenvalue weighted by molar-refractivity contribution is 0.669. The van der Waals surface area contributed by atoms with Crippen molar-refractivity contribution in [2.24, 2.45) is 0 Å². The molecule has 7 rings (SSSR count). The average molecular weight is 409 g/mol. The summed E-state index contributed by atoms with van der Waals surface area (Å²) in [5.41, 5.74) is 7.86. The minimum Gasteiger partial charge on any atom is -0.456 e. The second-order valence-corrected chi connectivity index (χ2v) is 8.23. The molecule has 0 aliphatic heterocycles. The lowest BCUT2D eigenvalue weighted by Gasteiger charge is -2.09. The van der Waals surface area contributed by atoms with E-state index in [0.29, 0.717) is 0 Å². The Morgan fingerprint density at radius 3 is 2.00 bits per heavy atom. The predicted molar refractivity (Wildman–Crippen MR) is 133 cm³/mol. The van der Waals surface area contributed by atoms with Gasteiger partial charge in [0.25, 0.3) is 0 Å². The normalized spacial score (nSPS) is 11.8. The molecule has 0 fully saturated rings. The number of fused-ring (bicyclic) bond motifs is 6. The predicted octanol–water partition coefficient (Wildman–Crippen LogP) is 8.35. The first-order valence-corrected chi connectivity index (χ1v) is 10.9. The molecule has 5 aromatic carbocycles. The molecule has 2 nitrogen and oxygen atoms in total. The maximum atomic E-state index is 6.03. The summed E-state index contributed by atoms with van der Waals surface area (Å²) in [6.07, 6.45) is 0. The molecule has 0 spiro atoms. The van der Waals surface area contributed by atoms with Crippen molar-refractivity contribution < 1.29 is 4.42 Å². The lowest BCUT2D eigenvalue weighted by Crippen LogP contribution is -1.93. The van der Waals surface area contributed by atoms with Crippen LogP contribution < -0.4 is 0 Å². The topological polar surface area (TPSA) is 18.1 Å². The van der Waals surface area contributed by atoms with Crippen LogP contribution in [0.15, 0.2) is 120 Å². The molecule has 7 aromatic rings. The fourth-order valence-corrected chi connectivity index (χ4v) is 4.91. The Balaban J connectivity index is 1.51. The number of para-hydroxylation sites is 3. The molecule has 2 heteroatoms. The monoisotopic (exact) mass is 409 g/mol. The largest absolute Gasteiger partial charge is 0.456 e. The molecule has 0 atom stereocenters. The molecule has 0 N–H and O–H groups in total. The van der Waals surface area contributed by atoms with Crippen LogP contribution in [0, 0.1) is 0 Å². The summed E-state index contributed by atoms with van der Waals surface area (Å²) >= 11 is 0. The highest BCUT2D eigenvalue weighted by atomic mass is 16.3. The highest BCUT2D eigenvalue weighted by Crippen LogP contribution is 2.36. The third-order valence-electron chi connectivity index (χ3n) is 6.40. The van der Waals surface area contributed by atoms with Crippen molar-refractivity contribution in [1.29, 1.82) is 0 Å². The fraction of sp³-hybridized carbons (Fsp3) is 0. The van der Waals surface area contributed by atoms with E-state index < -0.39 is 0 Å². The van der Waals surface area contributed by atoms with E-state index in [2.05, 4.69) is 108 Å². The SMILES string of the molecule is c1ccc(-n2c3ccccc3c3ccc(-c4ccc5oc6ccccc6c5c4)cc32)cc1. The van der Waals surface area contributed by atoms with Crippen molar-refractivity contribution in [3.8, 4) is 16.8 Å². The number of hydrogen-bond acceptors (Lipinski definition) is 1. The molecule has 0 saturated carbocycles. The molecule has 0 aliphatic carbocycles. The van der Waals surface area contributed by atoms with E-state index in [-0.39, 0.29) is 0 Å². The van der Waals surface area contributed by atoms with Gasteiger partial charge in [0.2, 0.25) is 0 Å². The first-order chi connectivity index (χ1) is 15.9. The molecular formula is C30H19NO. The fourth-order valence-electron chi connectivity index (χ4n) is 4.91. The van der Waals surface area contributed by atoms with Crippen LogP contribution in [0.3, 0.4) is 0 Å². The van der Waals surface area contributed by atoms with Crippen LogP contribution in [0.2, 0.25) is 0 Å². The van der Waals surface area contributed by atoms with E-state index in [9.17, 15) is 0 Å². The van der Waals surface area contributed by atoms with Crippen molar-refractivity contribution in [2.45, 2.75) is 0 Å². The van der Waals surface area contributed by atoms with Gasteiger partial charge in [-0.05, 0) is 53.6 Å². The summed E-state index contributed by atoms with van der Waals surface area (Å²) in [5.74, 6) is 0. The molecule has 0 amide bonds. The zero-order valence-corrected chi connectivity index (χ0v) is 17.3. The first-order valence-electron chi connectivity index (χ1n) is 10.9. The maximum absolute atomic E-state index is 6.03. The molecule has 0 bridgehead atoms. The summed E-state index contributed by atoms with van der Waals surface area (Å²) in [6, 6.07) is 40.7. The lowest BCUT2D eigenvalue weighted by atomic mass is 10.0. The molecule has 0 unspecified atom stereocenters. The van der Waals surface area contributed by atoms with Crippen LogP contribution in [-0.4, -0.2) is 4.57 Å². The van der Waals surface area contributed by atoms with Crippen LogP contribution in [0.25, 0.3) is 60.6 Å². The van der Waals surface area contributed by atoms with Gasteiger partial charge in [-0.1, -0.05) is 72.8 Å². The number of furan rings is 1. The Hall–Kier alpha value is -4.30. The molecular weight excluding hydrogens is 390 g/mol. The summed E-state index contributed by atoms with van der Waals surface area (Å²) in [5, 5.41) is 4.85. The van der Waals surface area contributed by atoms with Crippen molar-refractivity contribution in [3.05, 3.63) is 115 Å². The van der Waals surface area contributed by atoms with Crippen LogP contribution in [-0.2, 0) is 0 Å². The number of hydrogen-bond donors (Lipinski definition) is 0. The van der Waals surface area contributed by atoms with Crippen LogP contribution >= 0.6 is 0 Å². The van der Waals surface area contributed by atoms with Crippen LogP contribution in [0.5, 0.6) is 0 Å². The van der Waals surface area contributed by atoms with Gasteiger partial charge in [0.05, 0.1) is 11.0 Å². The van der Waals surface area contributed by atoms with E-state index in [4.69, 9.17) is 4.42 Å². The third kappa shape index (κ3) is 2.47. The number of benzene rings is 5. The van der Waals surface area contributed by atoms with E-state index in [0.717, 1.165) is 21.9 Å². The van der Waals surface area contributed by atoms with Gasteiger partial charge >= 0.3 is 0 Å². The van der Waals surface area contributed by atoms with Gasteiger partial charge in [-0.3, -0.25) is 0 Å². The Morgan fingerprint density at radius 2 is 1.09 bits per heavy atom. The molecule has 150 valence electrons. The summed E-state index contributed by atoms with van der Waals surface area (Å²) in [7, 11) is 0. The van der Waals surface area contributed by atoms with Gasteiger partial charge in [0.1, 0.15) is 11.2 Å². The smallest absolute Gasteiger partial charge is 0.135 e. The quantitative estimate of drug-likeness (QED) is 0.280. The number of nitrogens with zero attached hydrogens (tertiary/aromatic N) is 1. The zero-order chi connectivity index (χ0) is 21.1. The molecule has 0 aliphatic rings. The zero-order valence-electron chi connectivity index (χ0n) is 17.3. The van der Waals surface area contributed by atoms with Gasteiger partial charge in [-0.15, -0.1) is 0 Å². The van der Waals surface area contributed by atoms with Crippen molar-refractivity contribution in [2.75, 3.05) is 0 Å². The highest BCUT2D eigenvalue weighted by molar-refractivity contribution is 6.11. The van der Waals surface area contributed by atoms with Crippen LogP contribution in [0.1, 0.15) is 0 Å². The summed E-state index contributed by atoms with van der Waals surface area (Å²) in [6.45, 7) is 0.